The Morgan fingerprint density at radius 2 is 2.12 bits per heavy atom. The van der Waals surface area contributed by atoms with Crippen molar-refractivity contribution in [2.45, 2.75) is 20.3 Å². The molecule has 7 heteroatoms. The lowest BCUT2D eigenvalue weighted by Crippen LogP contribution is -2.10. The highest BCUT2D eigenvalue weighted by molar-refractivity contribution is 6.30. The average Bonchev–Trinajstić information content (AvgIpc) is 2.82. The van der Waals surface area contributed by atoms with Gasteiger partial charge >= 0.3 is 0 Å². The third-order valence-corrected chi connectivity index (χ3v) is 2.87. The monoisotopic (exact) mass is 253 g/mol. The molecule has 0 saturated heterocycles. The van der Waals surface area contributed by atoms with Gasteiger partial charge in [-0.15, -0.1) is 10.2 Å². The fourth-order valence-electron chi connectivity index (χ4n) is 1.34. The number of hydrogen-bond donors (Lipinski definition) is 1. The van der Waals surface area contributed by atoms with Gasteiger partial charge in [0.05, 0.1) is 0 Å². The van der Waals surface area contributed by atoms with E-state index < -0.39 is 0 Å². The van der Waals surface area contributed by atoms with Crippen LogP contribution in [0.5, 0.6) is 0 Å². The van der Waals surface area contributed by atoms with Gasteiger partial charge in [0.25, 0.3) is 0 Å². The summed E-state index contributed by atoms with van der Waals surface area (Å²) in [5.41, 5.74) is 1.93. The van der Waals surface area contributed by atoms with E-state index in [0.29, 0.717) is 23.9 Å². The van der Waals surface area contributed by atoms with E-state index in [2.05, 4.69) is 30.2 Å². The Morgan fingerprint density at radius 3 is 2.82 bits per heavy atom. The zero-order chi connectivity index (χ0) is 12.3. The van der Waals surface area contributed by atoms with Gasteiger partial charge in [-0.3, -0.25) is 0 Å². The molecule has 90 valence electrons. The summed E-state index contributed by atoms with van der Waals surface area (Å²) >= 11 is 5.87. The molecule has 1 N–H and O–H groups in total. The van der Waals surface area contributed by atoms with E-state index in [1.807, 2.05) is 13.8 Å². The molecule has 0 aliphatic rings. The highest BCUT2D eigenvalue weighted by Gasteiger charge is 2.07. The lowest BCUT2D eigenvalue weighted by molar-refractivity contribution is 0.410. The molecule has 0 unspecified atom stereocenters. The average molecular weight is 254 g/mol. The van der Waals surface area contributed by atoms with E-state index in [4.69, 9.17) is 11.6 Å². The summed E-state index contributed by atoms with van der Waals surface area (Å²) in [7, 11) is 0. The zero-order valence-corrected chi connectivity index (χ0v) is 10.3. The van der Waals surface area contributed by atoms with Crippen molar-refractivity contribution in [2.75, 3.05) is 11.9 Å². The quantitative estimate of drug-likeness (QED) is 0.895. The summed E-state index contributed by atoms with van der Waals surface area (Å²) in [5, 5.41) is 15.2. The first kappa shape index (κ1) is 11.8. The highest BCUT2D eigenvalue weighted by atomic mass is 35.5. The lowest BCUT2D eigenvalue weighted by atomic mass is 10.2. The van der Waals surface area contributed by atoms with Gasteiger partial charge in [0, 0.05) is 13.0 Å². The molecule has 2 heterocycles. The van der Waals surface area contributed by atoms with Crippen molar-refractivity contribution in [1.82, 2.24) is 20.3 Å². The van der Waals surface area contributed by atoms with Gasteiger partial charge in [-0.25, -0.2) is 0 Å². The van der Waals surface area contributed by atoms with Crippen molar-refractivity contribution in [3.63, 3.8) is 0 Å². The molecule has 0 amide bonds. The van der Waals surface area contributed by atoms with Gasteiger partial charge in [-0.2, -0.15) is 4.98 Å². The Hall–Kier alpha value is -1.69. The maximum Gasteiger partial charge on any atom is 0.213 e. The fraction of sp³-hybridized carbons (Fsp3) is 0.400. The molecule has 0 radical (unpaired) electrons. The Bertz CT molecular complexity index is 500. The standard InChI is InChI=1S/C10H12ClN5O/c1-6-7(2)10(15-14-9(6)11)12-4-3-8-13-5-17-16-8/h5H,3-4H2,1-2H3,(H,12,15). The van der Waals surface area contributed by atoms with Gasteiger partial charge in [0.15, 0.2) is 16.8 Å². The van der Waals surface area contributed by atoms with Crippen LogP contribution in [0.4, 0.5) is 5.82 Å². The largest absolute Gasteiger partial charge is 0.368 e. The molecule has 0 bridgehead atoms. The molecule has 2 aromatic rings. The van der Waals surface area contributed by atoms with Crippen LogP contribution in [0.1, 0.15) is 17.0 Å². The summed E-state index contributed by atoms with van der Waals surface area (Å²) in [6.45, 7) is 4.53. The van der Waals surface area contributed by atoms with E-state index in [-0.39, 0.29) is 0 Å². The van der Waals surface area contributed by atoms with Crippen molar-refractivity contribution in [2.24, 2.45) is 0 Å². The normalized spacial score (nSPS) is 10.5. The summed E-state index contributed by atoms with van der Waals surface area (Å²) in [5.74, 6) is 1.39. The van der Waals surface area contributed by atoms with Crippen LogP contribution in [-0.2, 0) is 6.42 Å². The summed E-state index contributed by atoms with van der Waals surface area (Å²) in [6, 6.07) is 0. The summed E-state index contributed by atoms with van der Waals surface area (Å²) in [6.07, 6.45) is 1.98. The van der Waals surface area contributed by atoms with Crippen molar-refractivity contribution >= 4 is 17.4 Å². The highest BCUT2D eigenvalue weighted by Crippen LogP contribution is 2.20. The molecular weight excluding hydrogens is 242 g/mol. The van der Waals surface area contributed by atoms with Crippen molar-refractivity contribution < 1.29 is 4.52 Å². The number of rotatable bonds is 4. The Morgan fingerprint density at radius 1 is 1.29 bits per heavy atom. The molecule has 0 fully saturated rings. The molecule has 6 nitrogen and oxygen atoms in total. The minimum atomic E-state index is 0.436. The molecule has 0 aliphatic heterocycles. The number of hydrogen-bond acceptors (Lipinski definition) is 6. The predicted octanol–water partition coefficient (Wildman–Crippen LogP) is 1.78. The maximum absolute atomic E-state index is 5.87. The fourth-order valence-corrected chi connectivity index (χ4v) is 1.52. The first-order valence-corrected chi connectivity index (χ1v) is 5.54. The second-order valence-corrected chi connectivity index (χ2v) is 3.97. The number of nitrogens with zero attached hydrogens (tertiary/aromatic N) is 4. The summed E-state index contributed by atoms with van der Waals surface area (Å²) in [4.78, 5) is 3.93. The minimum Gasteiger partial charge on any atom is -0.368 e. The molecule has 0 spiro atoms. The third-order valence-electron chi connectivity index (χ3n) is 2.51. The Balaban J connectivity index is 1.97. The minimum absolute atomic E-state index is 0.436. The molecule has 2 aromatic heterocycles. The smallest absolute Gasteiger partial charge is 0.213 e. The summed E-state index contributed by atoms with van der Waals surface area (Å²) < 4.78 is 4.64. The van der Waals surface area contributed by atoms with Gasteiger partial charge in [-0.05, 0) is 25.0 Å². The van der Waals surface area contributed by atoms with Crippen LogP contribution < -0.4 is 5.32 Å². The molecule has 2 rings (SSSR count). The van der Waals surface area contributed by atoms with Gasteiger partial charge in [0.2, 0.25) is 6.39 Å². The number of halogens is 1. The van der Waals surface area contributed by atoms with Gasteiger partial charge in [0.1, 0.15) is 0 Å². The lowest BCUT2D eigenvalue weighted by Gasteiger charge is -2.09. The first-order valence-electron chi connectivity index (χ1n) is 5.17. The van der Waals surface area contributed by atoms with E-state index in [1.54, 1.807) is 0 Å². The zero-order valence-electron chi connectivity index (χ0n) is 9.57. The van der Waals surface area contributed by atoms with Gasteiger partial charge in [-0.1, -0.05) is 16.8 Å². The predicted molar refractivity (Wildman–Crippen MR) is 63.0 cm³/mol. The molecule has 17 heavy (non-hydrogen) atoms. The van der Waals surface area contributed by atoms with Crippen LogP contribution in [0.15, 0.2) is 10.9 Å². The number of nitrogens with one attached hydrogen (secondary N) is 1. The maximum atomic E-state index is 5.87. The van der Waals surface area contributed by atoms with E-state index in [0.717, 1.165) is 16.9 Å². The van der Waals surface area contributed by atoms with Crippen molar-refractivity contribution in [1.29, 1.82) is 0 Å². The molecule has 0 aliphatic carbocycles. The molecular formula is C10H12ClN5O. The van der Waals surface area contributed by atoms with Crippen molar-refractivity contribution in [3.8, 4) is 0 Å². The van der Waals surface area contributed by atoms with Crippen LogP contribution in [0.3, 0.4) is 0 Å². The van der Waals surface area contributed by atoms with Crippen molar-refractivity contribution in [3.05, 3.63) is 28.5 Å². The second-order valence-electron chi connectivity index (χ2n) is 3.61. The first-order chi connectivity index (χ1) is 8.18. The third kappa shape index (κ3) is 2.71. The van der Waals surface area contributed by atoms with Crippen LogP contribution in [-0.4, -0.2) is 26.9 Å². The van der Waals surface area contributed by atoms with E-state index in [9.17, 15) is 0 Å². The van der Waals surface area contributed by atoms with Crippen LogP contribution in [0, 0.1) is 13.8 Å². The Kier molecular flexibility index (Phi) is 3.53. The van der Waals surface area contributed by atoms with Crippen LogP contribution in [0.2, 0.25) is 5.15 Å². The second kappa shape index (κ2) is 5.09. The Labute approximate surface area is 103 Å². The van der Waals surface area contributed by atoms with Crippen LogP contribution >= 0.6 is 11.6 Å². The topological polar surface area (TPSA) is 76.7 Å². The van der Waals surface area contributed by atoms with E-state index in [1.165, 1.54) is 6.39 Å². The van der Waals surface area contributed by atoms with E-state index >= 15 is 0 Å². The molecule has 0 aromatic carbocycles. The molecule has 0 atom stereocenters. The number of aromatic nitrogens is 4. The van der Waals surface area contributed by atoms with Crippen LogP contribution in [0.25, 0.3) is 0 Å². The van der Waals surface area contributed by atoms with Gasteiger partial charge < -0.3 is 9.84 Å². The molecule has 0 saturated carbocycles. The SMILES string of the molecule is Cc1c(Cl)nnc(NCCc2ncon2)c1C. The number of anilines is 1.